The fraction of sp³-hybridized carbons (Fsp3) is 0.700. The third-order valence-electron chi connectivity index (χ3n) is 2.28. The van der Waals surface area contributed by atoms with Crippen molar-refractivity contribution in [2.75, 3.05) is 0 Å². The molecule has 0 bridgehead atoms. The van der Waals surface area contributed by atoms with E-state index in [2.05, 4.69) is 6.92 Å². The number of unbranched alkanes of at least 4 members (excludes halogenated alkanes) is 1. The number of allylic oxidation sites excluding steroid dienone is 2. The maximum atomic E-state index is 11.3. The molecule has 0 heterocycles. The van der Waals surface area contributed by atoms with Crippen molar-refractivity contribution in [1.82, 2.24) is 0 Å². The molecule has 0 radical (unpaired) electrons. The third kappa shape index (κ3) is 2.10. The average Bonchev–Trinajstić information content (AvgIpc) is 2.04. The normalized spacial score (nSPS) is 18.6. The number of aliphatic hydroxyl groups is 1. The molecular weight excluding hydrogens is 152 g/mol. The van der Waals surface area contributed by atoms with Gasteiger partial charge in [-0.25, -0.2) is 0 Å². The van der Waals surface area contributed by atoms with Crippen LogP contribution in [0.2, 0.25) is 0 Å². The van der Waals surface area contributed by atoms with E-state index in [1.54, 1.807) is 0 Å². The number of hydrogen-bond donors (Lipinski definition) is 1. The lowest BCUT2D eigenvalue weighted by Gasteiger charge is -2.14. The van der Waals surface area contributed by atoms with E-state index in [-0.39, 0.29) is 5.78 Å². The molecular formula is C10H16O2. The number of carbonyl (C=O) groups is 1. The van der Waals surface area contributed by atoms with Gasteiger partial charge in [-0.15, -0.1) is 0 Å². The Morgan fingerprint density at radius 3 is 2.75 bits per heavy atom. The van der Waals surface area contributed by atoms with Crippen molar-refractivity contribution in [3.05, 3.63) is 11.3 Å². The average molecular weight is 168 g/mol. The van der Waals surface area contributed by atoms with Crippen molar-refractivity contribution in [3.8, 4) is 0 Å². The Morgan fingerprint density at radius 1 is 1.42 bits per heavy atom. The number of Topliss-reactive ketones (excluding diaryl/α,β-unsaturated/α-hetero) is 1. The van der Waals surface area contributed by atoms with Crippen molar-refractivity contribution in [1.29, 1.82) is 0 Å². The first-order valence-corrected chi connectivity index (χ1v) is 4.70. The molecule has 1 aliphatic carbocycles. The minimum atomic E-state index is 0.159. The van der Waals surface area contributed by atoms with E-state index in [4.69, 9.17) is 0 Å². The fourth-order valence-electron chi connectivity index (χ4n) is 1.52. The van der Waals surface area contributed by atoms with Crippen LogP contribution in [0.25, 0.3) is 0 Å². The smallest absolute Gasteiger partial charge is 0.162 e. The monoisotopic (exact) mass is 168 g/mol. The summed E-state index contributed by atoms with van der Waals surface area (Å²) >= 11 is 0. The van der Waals surface area contributed by atoms with Crippen molar-refractivity contribution in [3.63, 3.8) is 0 Å². The largest absolute Gasteiger partial charge is 0.512 e. The van der Waals surface area contributed by atoms with Crippen LogP contribution in [-0.4, -0.2) is 10.9 Å². The molecule has 68 valence electrons. The van der Waals surface area contributed by atoms with Gasteiger partial charge in [0.2, 0.25) is 0 Å². The van der Waals surface area contributed by atoms with Gasteiger partial charge in [-0.3, -0.25) is 4.79 Å². The van der Waals surface area contributed by atoms with Gasteiger partial charge in [-0.05, 0) is 19.3 Å². The number of aliphatic hydroxyl groups excluding tert-OH is 1. The molecule has 0 atom stereocenters. The summed E-state index contributed by atoms with van der Waals surface area (Å²) in [5.74, 6) is 0.506. The first-order chi connectivity index (χ1) is 5.75. The van der Waals surface area contributed by atoms with E-state index in [1.165, 1.54) is 0 Å². The van der Waals surface area contributed by atoms with Gasteiger partial charge in [0, 0.05) is 18.4 Å². The molecule has 1 aliphatic rings. The second-order valence-electron chi connectivity index (χ2n) is 3.31. The summed E-state index contributed by atoms with van der Waals surface area (Å²) in [7, 11) is 0. The van der Waals surface area contributed by atoms with E-state index in [1.807, 2.05) is 0 Å². The fourth-order valence-corrected chi connectivity index (χ4v) is 1.52. The second-order valence-corrected chi connectivity index (χ2v) is 3.31. The van der Waals surface area contributed by atoms with Crippen LogP contribution in [-0.2, 0) is 4.79 Å². The van der Waals surface area contributed by atoms with Crippen LogP contribution in [0, 0.1) is 0 Å². The van der Waals surface area contributed by atoms with Crippen LogP contribution < -0.4 is 0 Å². The summed E-state index contributed by atoms with van der Waals surface area (Å²) in [6, 6.07) is 0. The summed E-state index contributed by atoms with van der Waals surface area (Å²) in [6.07, 6.45) is 4.99. The Hall–Kier alpha value is -0.790. The molecule has 0 aromatic heterocycles. The summed E-state index contributed by atoms with van der Waals surface area (Å²) in [6.45, 7) is 2.09. The lowest BCUT2D eigenvalue weighted by molar-refractivity contribution is -0.116. The van der Waals surface area contributed by atoms with Crippen molar-refractivity contribution in [2.24, 2.45) is 0 Å². The molecule has 0 fully saturated rings. The summed E-state index contributed by atoms with van der Waals surface area (Å²) in [4.78, 5) is 11.3. The highest BCUT2D eigenvalue weighted by Gasteiger charge is 2.18. The molecule has 2 nitrogen and oxygen atoms in total. The van der Waals surface area contributed by atoms with Crippen molar-refractivity contribution < 1.29 is 9.90 Å². The lowest BCUT2D eigenvalue weighted by atomic mass is 9.93. The molecule has 0 spiro atoms. The summed E-state index contributed by atoms with van der Waals surface area (Å²) < 4.78 is 0. The highest BCUT2D eigenvalue weighted by atomic mass is 16.3. The van der Waals surface area contributed by atoms with Gasteiger partial charge in [0.05, 0.1) is 5.76 Å². The van der Waals surface area contributed by atoms with E-state index < -0.39 is 0 Å². The highest BCUT2D eigenvalue weighted by molar-refractivity contribution is 5.96. The molecule has 0 aromatic carbocycles. The molecule has 1 N–H and O–H groups in total. The number of carbonyl (C=O) groups excluding carboxylic acids is 1. The zero-order valence-corrected chi connectivity index (χ0v) is 7.60. The van der Waals surface area contributed by atoms with Gasteiger partial charge in [-0.1, -0.05) is 13.3 Å². The van der Waals surface area contributed by atoms with Crippen LogP contribution in [0.1, 0.15) is 45.4 Å². The van der Waals surface area contributed by atoms with Gasteiger partial charge >= 0.3 is 0 Å². The van der Waals surface area contributed by atoms with Crippen molar-refractivity contribution >= 4 is 5.78 Å². The van der Waals surface area contributed by atoms with E-state index >= 15 is 0 Å². The van der Waals surface area contributed by atoms with Crippen LogP contribution in [0.15, 0.2) is 11.3 Å². The first-order valence-electron chi connectivity index (χ1n) is 4.70. The molecule has 0 saturated carbocycles. The molecule has 1 rings (SSSR count). The third-order valence-corrected chi connectivity index (χ3v) is 2.28. The standard InChI is InChI=1S/C10H16O2/c1-2-3-5-8-9(11)6-4-7-10(8)12/h11H,2-7H2,1H3. The topological polar surface area (TPSA) is 37.3 Å². The van der Waals surface area contributed by atoms with Gasteiger partial charge < -0.3 is 5.11 Å². The molecule has 0 amide bonds. The van der Waals surface area contributed by atoms with E-state index in [9.17, 15) is 9.90 Å². The number of rotatable bonds is 3. The van der Waals surface area contributed by atoms with Crippen LogP contribution in [0.5, 0.6) is 0 Å². The maximum absolute atomic E-state index is 11.3. The van der Waals surface area contributed by atoms with Gasteiger partial charge in [0.25, 0.3) is 0 Å². The van der Waals surface area contributed by atoms with Crippen LogP contribution in [0.4, 0.5) is 0 Å². The lowest BCUT2D eigenvalue weighted by Crippen LogP contribution is -2.11. The highest BCUT2D eigenvalue weighted by Crippen LogP contribution is 2.23. The summed E-state index contributed by atoms with van der Waals surface area (Å²) in [5.41, 5.74) is 0.697. The Morgan fingerprint density at radius 2 is 2.17 bits per heavy atom. The van der Waals surface area contributed by atoms with Crippen LogP contribution in [0.3, 0.4) is 0 Å². The quantitative estimate of drug-likeness (QED) is 0.703. The Labute approximate surface area is 73.3 Å². The zero-order chi connectivity index (χ0) is 8.97. The molecule has 0 aliphatic heterocycles. The van der Waals surface area contributed by atoms with Crippen molar-refractivity contribution in [2.45, 2.75) is 45.4 Å². The van der Waals surface area contributed by atoms with E-state index in [0.29, 0.717) is 24.2 Å². The van der Waals surface area contributed by atoms with E-state index in [0.717, 1.165) is 25.7 Å². The minimum absolute atomic E-state index is 0.159. The van der Waals surface area contributed by atoms with Gasteiger partial charge in [0.15, 0.2) is 5.78 Å². The van der Waals surface area contributed by atoms with Gasteiger partial charge in [-0.2, -0.15) is 0 Å². The molecule has 0 aromatic rings. The second kappa shape index (κ2) is 4.29. The molecule has 12 heavy (non-hydrogen) atoms. The molecule has 0 unspecified atom stereocenters. The van der Waals surface area contributed by atoms with Gasteiger partial charge in [0.1, 0.15) is 0 Å². The Balaban J connectivity index is 2.61. The maximum Gasteiger partial charge on any atom is 0.162 e. The first kappa shape index (κ1) is 9.30. The summed E-state index contributed by atoms with van der Waals surface area (Å²) in [5, 5.41) is 9.42. The SMILES string of the molecule is CCCCC1=C(O)CCCC1=O. The zero-order valence-electron chi connectivity index (χ0n) is 7.60. The van der Waals surface area contributed by atoms with Crippen LogP contribution >= 0.6 is 0 Å². The molecule has 0 saturated heterocycles. The minimum Gasteiger partial charge on any atom is -0.512 e. The predicted octanol–water partition coefficient (Wildman–Crippen LogP) is 2.74. The molecule has 2 heteroatoms. The Kier molecular flexibility index (Phi) is 3.32. The number of hydrogen-bond acceptors (Lipinski definition) is 2. The number of ketones is 1. The predicted molar refractivity (Wildman–Crippen MR) is 48.0 cm³/mol. The Bertz CT molecular complexity index is 204.